The van der Waals surface area contributed by atoms with E-state index in [4.69, 9.17) is 9.47 Å². The lowest BCUT2D eigenvalue weighted by Crippen LogP contribution is -2.53. The maximum atomic E-state index is 12.9. The molecule has 0 radical (unpaired) electrons. The molecular weight excluding hydrogens is 384 g/mol. The Bertz CT molecular complexity index is 1060. The molecule has 8 nitrogen and oxygen atoms in total. The standard InChI is InChI=1S/C22H28N4O4/c1-29-18-8-4-5-16(11-18)12-24-10-9-22(14-24)15-25-19(13-30-22)23-26(21(28)20(25)27)17-6-2-3-7-17/h4-5,8,11,17H,2-3,6-7,9-10,12-15H2,1H3/t22-/m0/s1. The lowest BCUT2D eigenvalue weighted by atomic mass is 10.0. The molecule has 0 bridgehead atoms. The van der Waals surface area contributed by atoms with Crippen molar-refractivity contribution in [3.05, 3.63) is 56.4 Å². The van der Waals surface area contributed by atoms with Crippen molar-refractivity contribution in [1.29, 1.82) is 0 Å². The quantitative estimate of drug-likeness (QED) is 0.712. The van der Waals surface area contributed by atoms with Crippen LogP contribution in [0.15, 0.2) is 33.9 Å². The highest BCUT2D eigenvalue weighted by Crippen LogP contribution is 2.33. The van der Waals surface area contributed by atoms with Crippen LogP contribution in [-0.4, -0.2) is 45.0 Å². The van der Waals surface area contributed by atoms with Crippen LogP contribution in [0, 0.1) is 0 Å². The van der Waals surface area contributed by atoms with E-state index in [9.17, 15) is 9.59 Å². The van der Waals surface area contributed by atoms with Crippen molar-refractivity contribution in [2.75, 3.05) is 20.2 Å². The van der Waals surface area contributed by atoms with Gasteiger partial charge in [0.05, 0.1) is 19.7 Å². The van der Waals surface area contributed by atoms with E-state index in [0.29, 0.717) is 12.4 Å². The summed E-state index contributed by atoms with van der Waals surface area (Å²) in [5.41, 5.74) is -0.209. The first kappa shape index (κ1) is 19.5. The van der Waals surface area contributed by atoms with Crippen LogP contribution in [0.3, 0.4) is 0 Å². The van der Waals surface area contributed by atoms with E-state index in [0.717, 1.165) is 57.5 Å². The highest BCUT2D eigenvalue weighted by Gasteiger charge is 2.43. The van der Waals surface area contributed by atoms with Crippen molar-refractivity contribution < 1.29 is 9.47 Å². The van der Waals surface area contributed by atoms with Gasteiger partial charge in [0.1, 0.15) is 18.0 Å². The summed E-state index contributed by atoms with van der Waals surface area (Å²) in [6.45, 7) is 3.07. The Morgan fingerprint density at radius 2 is 2.03 bits per heavy atom. The highest BCUT2D eigenvalue weighted by atomic mass is 16.5. The van der Waals surface area contributed by atoms with Gasteiger partial charge in [-0.2, -0.15) is 5.10 Å². The molecule has 3 aliphatic rings. The fourth-order valence-corrected chi connectivity index (χ4v) is 5.11. The molecule has 3 heterocycles. The zero-order valence-electron chi connectivity index (χ0n) is 17.4. The molecule has 1 aromatic carbocycles. The molecule has 30 heavy (non-hydrogen) atoms. The van der Waals surface area contributed by atoms with Gasteiger partial charge >= 0.3 is 11.1 Å². The van der Waals surface area contributed by atoms with Gasteiger partial charge in [0, 0.05) is 19.6 Å². The Kier molecular flexibility index (Phi) is 4.99. The second-order valence-corrected chi connectivity index (χ2v) is 8.78. The first-order valence-electron chi connectivity index (χ1n) is 10.8. The van der Waals surface area contributed by atoms with E-state index in [1.165, 1.54) is 10.2 Å². The van der Waals surface area contributed by atoms with Crippen LogP contribution in [-0.2, 0) is 24.4 Å². The first-order valence-corrected chi connectivity index (χ1v) is 10.8. The smallest absolute Gasteiger partial charge is 0.332 e. The normalized spacial score (nSPS) is 24.4. The number of aromatic nitrogens is 3. The third kappa shape index (κ3) is 3.48. The molecule has 1 spiro atoms. The molecule has 1 aromatic heterocycles. The lowest BCUT2D eigenvalue weighted by molar-refractivity contribution is -0.0860. The molecule has 5 rings (SSSR count). The van der Waals surface area contributed by atoms with Gasteiger partial charge in [-0.15, -0.1) is 0 Å². The number of hydrogen-bond donors (Lipinski definition) is 0. The van der Waals surface area contributed by atoms with Crippen molar-refractivity contribution in [3.8, 4) is 5.75 Å². The van der Waals surface area contributed by atoms with E-state index in [1.807, 2.05) is 18.2 Å². The number of fused-ring (bicyclic) bond motifs is 1. The van der Waals surface area contributed by atoms with Crippen molar-refractivity contribution >= 4 is 0 Å². The highest BCUT2D eigenvalue weighted by molar-refractivity contribution is 5.28. The van der Waals surface area contributed by atoms with Crippen LogP contribution >= 0.6 is 0 Å². The van der Waals surface area contributed by atoms with Gasteiger partial charge in [0.15, 0.2) is 5.82 Å². The molecule has 0 unspecified atom stereocenters. The molecule has 2 aromatic rings. The van der Waals surface area contributed by atoms with Gasteiger partial charge in [-0.25, -0.2) is 4.68 Å². The molecule has 1 aliphatic carbocycles. The van der Waals surface area contributed by atoms with Crippen molar-refractivity contribution in [1.82, 2.24) is 19.2 Å². The summed E-state index contributed by atoms with van der Waals surface area (Å²) < 4.78 is 14.6. The van der Waals surface area contributed by atoms with Crippen molar-refractivity contribution in [2.24, 2.45) is 0 Å². The van der Waals surface area contributed by atoms with Crippen LogP contribution in [0.2, 0.25) is 0 Å². The molecule has 1 saturated heterocycles. The van der Waals surface area contributed by atoms with Crippen LogP contribution in [0.1, 0.15) is 49.5 Å². The fourth-order valence-electron chi connectivity index (χ4n) is 5.11. The molecule has 0 N–H and O–H groups in total. The SMILES string of the molecule is COc1cccc(CN2CC[C@]3(C2)Cn2c(nn(C4CCCC4)c(=O)c2=O)CO3)c1. The van der Waals surface area contributed by atoms with Gasteiger partial charge < -0.3 is 9.47 Å². The Morgan fingerprint density at radius 3 is 2.83 bits per heavy atom. The van der Waals surface area contributed by atoms with Crippen LogP contribution in [0.25, 0.3) is 0 Å². The Hall–Kier alpha value is -2.45. The third-order valence-electron chi connectivity index (χ3n) is 6.73. The zero-order valence-corrected chi connectivity index (χ0v) is 17.4. The van der Waals surface area contributed by atoms with E-state index < -0.39 is 16.7 Å². The topological polar surface area (TPSA) is 78.6 Å². The number of hydrogen-bond acceptors (Lipinski definition) is 6. The van der Waals surface area contributed by atoms with E-state index in [2.05, 4.69) is 16.1 Å². The average Bonchev–Trinajstić information content (AvgIpc) is 3.42. The number of ether oxygens (including phenoxy) is 2. The van der Waals surface area contributed by atoms with E-state index >= 15 is 0 Å². The first-order chi connectivity index (χ1) is 14.6. The third-order valence-corrected chi connectivity index (χ3v) is 6.73. The maximum Gasteiger partial charge on any atom is 0.332 e. The molecular formula is C22H28N4O4. The number of nitrogens with zero attached hydrogens (tertiary/aromatic N) is 4. The minimum Gasteiger partial charge on any atom is -0.497 e. The van der Waals surface area contributed by atoms with Crippen molar-refractivity contribution in [2.45, 2.75) is 63.4 Å². The minimum atomic E-state index is -0.492. The number of rotatable bonds is 4. The monoisotopic (exact) mass is 412 g/mol. The summed E-state index contributed by atoms with van der Waals surface area (Å²) in [7, 11) is 1.67. The fraction of sp³-hybridized carbons (Fsp3) is 0.591. The number of likely N-dealkylation sites (tertiary alicyclic amines) is 1. The number of benzene rings is 1. The summed E-state index contributed by atoms with van der Waals surface area (Å²) in [5.74, 6) is 1.42. The molecule has 8 heteroatoms. The molecule has 1 saturated carbocycles. The van der Waals surface area contributed by atoms with E-state index in [1.54, 1.807) is 11.7 Å². The minimum absolute atomic E-state index is 0.0526. The van der Waals surface area contributed by atoms with Crippen LogP contribution < -0.4 is 15.9 Å². The Morgan fingerprint density at radius 1 is 1.20 bits per heavy atom. The summed E-state index contributed by atoms with van der Waals surface area (Å²) in [6, 6.07) is 8.12. The van der Waals surface area contributed by atoms with E-state index in [-0.39, 0.29) is 12.6 Å². The molecule has 2 aliphatic heterocycles. The molecule has 2 fully saturated rings. The average molecular weight is 412 g/mol. The van der Waals surface area contributed by atoms with Gasteiger partial charge in [0.25, 0.3) is 0 Å². The predicted molar refractivity (Wildman–Crippen MR) is 111 cm³/mol. The molecule has 0 amide bonds. The predicted octanol–water partition coefficient (Wildman–Crippen LogP) is 1.70. The van der Waals surface area contributed by atoms with Crippen LogP contribution in [0.5, 0.6) is 5.75 Å². The van der Waals surface area contributed by atoms with Gasteiger partial charge in [-0.3, -0.25) is 19.1 Å². The second-order valence-electron chi connectivity index (χ2n) is 8.78. The lowest BCUT2D eigenvalue weighted by Gasteiger charge is -2.35. The maximum absolute atomic E-state index is 12.9. The largest absolute Gasteiger partial charge is 0.497 e. The summed E-state index contributed by atoms with van der Waals surface area (Å²) in [6.07, 6.45) is 4.83. The van der Waals surface area contributed by atoms with Crippen molar-refractivity contribution in [3.63, 3.8) is 0 Å². The van der Waals surface area contributed by atoms with Gasteiger partial charge in [-0.05, 0) is 37.0 Å². The zero-order chi connectivity index (χ0) is 20.7. The summed E-state index contributed by atoms with van der Waals surface area (Å²) in [4.78, 5) is 27.9. The Labute approximate surface area is 175 Å². The second kappa shape index (κ2) is 7.67. The molecule has 160 valence electrons. The van der Waals surface area contributed by atoms with Gasteiger partial charge in [0.2, 0.25) is 0 Å². The van der Waals surface area contributed by atoms with Gasteiger partial charge in [-0.1, -0.05) is 25.0 Å². The molecule has 1 atom stereocenters. The summed E-state index contributed by atoms with van der Waals surface area (Å²) in [5, 5.41) is 4.53. The number of methoxy groups -OCH3 is 1. The van der Waals surface area contributed by atoms with Crippen LogP contribution in [0.4, 0.5) is 0 Å². The summed E-state index contributed by atoms with van der Waals surface area (Å²) >= 11 is 0. The Balaban J connectivity index is 1.35.